The molecule has 1 aromatic carbocycles. The van der Waals surface area contributed by atoms with Gasteiger partial charge >= 0.3 is 0 Å². The maximum atomic E-state index is 12.4. The average molecular weight is 307 g/mol. The summed E-state index contributed by atoms with van der Waals surface area (Å²) in [6.07, 6.45) is 2.39. The summed E-state index contributed by atoms with van der Waals surface area (Å²) in [5.41, 5.74) is 9.59. The minimum atomic E-state index is -3.52. The summed E-state index contributed by atoms with van der Waals surface area (Å²) < 4.78 is 28.9. The van der Waals surface area contributed by atoms with E-state index in [2.05, 4.69) is 14.7 Å². The Kier molecular flexibility index (Phi) is 3.86. The zero-order valence-electron chi connectivity index (χ0n) is 11.5. The van der Waals surface area contributed by atoms with Crippen LogP contribution in [0, 0.1) is 0 Å². The highest BCUT2D eigenvalue weighted by molar-refractivity contribution is 7.87. The van der Waals surface area contributed by atoms with Crippen molar-refractivity contribution in [2.45, 2.75) is 43.9 Å². The summed E-state index contributed by atoms with van der Waals surface area (Å²) in [6.45, 7) is 0.348. The number of hydrogen-bond donors (Lipinski definition) is 1. The van der Waals surface area contributed by atoms with Crippen molar-refractivity contribution in [3.8, 4) is 0 Å². The van der Waals surface area contributed by atoms with Crippen LogP contribution in [0.15, 0.2) is 35.4 Å². The normalized spacial score (nSPS) is 31.3. The lowest BCUT2D eigenvalue weighted by Gasteiger charge is -2.32. The van der Waals surface area contributed by atoms with E-state index in [1.54, 1.807) is 0 Å². The molecule has 1 saturated heterocycles. The summed E-state index contributed by atoms with van der Waals surface area (Å²) in [6, 6.07) is 8.76. The minimum absolute atomic E-state index is 0.139. The molecule has 7 nitrogen and oxygen atoms in total. The van der Waals surface area contributed by atoms with Gasteiger partial charge in [-0.15, -0.1) is 0 Å². The second-order valence-corrected chi connectivity index (χ2v) is 7.10. The number of nitrogens with one attached hydrogen (secondary N) is 1. The number of benzene rings is 1. The number of rotatable bonds is 3. The molecule has 3 rings (SSSR count). The lowest BCUT2D eigenvalue weighted by molar-refractivity contribution is 0.228. The third-order valence-corrected chi connectivity index (χ3v) is 5.76. The molecule has 8 heteroatoms. The van der Waals surface area contributed by atoms with Gasteiger partial charge in [-0.1, -0.05) is 41.9 Å². The smallest absolute Gasteiger partial charge is 0.197 e. The van der Waals surface area contributed by atoms with Crippen LogP contribution in [-0.2, 0) is 16.8 Å². The molecule has 0 amide bonds. The topological polar surface area (TPSA) is 98.2 Å². The monoisotopic (exact) mass is 307 g/mol. The Morgan fingerprint density at radius 1 is 1.33 bits per heavy atom. The molecule has 1 saturated carbocycles. The molecule has 1 aliphatic heterocycles. The molecule has 2 fully saturated rings. The molecule has 112 valence electrons. The van der Waals surface area contributed by atoms with Gasteiger partial charge in [0.2, 0.25) is 0 Å². The van der Waals surface area contributed by atoms with E-state index in [4.69, 9.17) is 5.53 Å². The SMILES string of the molecule is [N-]=[N+]=NC1CCCC2C1NS(=O)(=O)N2Cc1ccccc1. The molecule has 1 heterocycles. The van der Waals surface area contributed by atoms with Gasteiger partial charge in [-0.05, 0) is 23.9 Å². The molecule has 1 aromatic rings. The molecule has 21 heavy (non-hydrogen) atoms. The maximum absolute atomic E-state index is 12.4. The van der Waals surface area contributed by atoms with Gasteiger partial charge in [-0.2, -0.15) is 17.4 Å². The molecule has 0 spiro atoms. The van der Waals surface area contributed by atoms with Crippen LogP contribution in [0.2, 0.25) is 0 Å². The predicted octanol–water partition coefficient (Wildman–Crippen LogP) is 1.94. The van der Waals surface area contributed by atoms with Crippen LogP contribution < -0.4 is 4.72 Å². The first kappa shape index (κ1) is 14.3. The van der Waals surface area contributed by atoms with Crippen LogP contribution in [0.1, 0.15) is 24.8 Å². The fourth-order valence-corrected chi connectivity index (χ4v) is 4.92. The van der Waals surface area contributed by atoms with Gasteiger partial charge in [0.1, 0.15) is 0 Å². The number of fused-ring (bicyclic) bond motifs is 1. The van der Waals surface area contributed by atoms with Crippen molar-refractivity contribution in [1.29, 1.82) is 0 Å². The number of nitrogens with zero attached hydrogens (tertiary/aromatic N) is 4. The van der Waals surface area contributed by atoms with Gasteiger partial charge in [0.15, 0.2) is 0 Å². The Morgan fingerprint density at radius 3 is 2.81 bits per heavy atom. The lowest BCUT2D eigenvalue weighted by Crippen LogP contribution is -2.46. The quantitative estimate of drug-likeness (QED) is 0.524. The first-order valence-electron chi connectivity index (χ1n) is 6.99. The third-order valence-electron chi connectivity index (χ3n) is 4.17. The fraction of sp³-hybridized carbons (Fsp3) is 0.538. The van der Waals surface area contributed by atoms with Crippen molar-refractivity contribution in [3.63, 3.8) is 0 Å². The molecule has 0 radical (unpaired) electrons. The van der Waals surface area contributed by atoms with Gasteiger partial charge < -0.3 is 0 Å². The largest absolute Gasteiger partial charge is 0.280 e. The van der Waals surface area contributed by atoms with Crippen molar-refractivity contribution in [2.75, 3.05) is 0 Å². The number of hydrogen-bond acceptors (Lipinski definition) is 3. The van der Waals surface area contributed by atoms with E-state index in [9.17, 15) is 8.42 Å². The van der Waals surface area contributed by atoms with Crippen molar-refractivity contribution in [1.82, 2.24) is 9.03 Å². The lowest BCUT2D eigenvalue weighted by atomic mass is 9.87. The summed E-state index contributed by atoms with van der Waals surface area (Å²) in [5.74, 6) is 0. The minimum Gasteiger partial charge on any atom is -0.197 e. The zero-order chi connectivity index (χ0) is 14.9. The Labute approximate surface area is 123 Å². The van der Waals surface area contributed by atoms with Crippen molar-refractivity contribution in [3.05, 3.63) is 46.3 Å². The molecular formula is C13H17N5O2S. The third kappa shape index (κ3) is 2.75. The summed E-state index contributed by atoms with van der Waals surface area (Å²) in [5, 5.41) is 3.76. The van der Waals surface area contributed by atoms with E-state index in [1.165, 1.54) is 4.31 Å². The van der Waals surface area contributed by atoms with E-state index >= 15 is 0 Å². The number of azide groups is 1. The highest BCUT2D eigenvalue weighted by Crippen LogP contribution is 2.33. The van der Waals surface area contributed by atoms with Crippen molar-refractivity contribution in [2.24, 2.45) is 5.11 Å². The molecule has 1 N–H and O–H groups in total. The van der Waals surface area contributed by atoms with Gasteiger partial charge in [0.25, 0.3) is 10.2 Å². The second kappa shape index (κ2) is 5.65. The molecule has 1 aliphatic carbocycles. The zero-order valence-corrected chi connectivity index (χ0v) is 12.3. The van der Waals surface area contributed by atoms with E-state index in [0.29, 0.717) is 6.54 Å². The van der Waals surface area contributed by atoms with E-state index in [0.717, 1.165) is 24.8 Å². The summed E-state index contributed by atoms with van der Waals surface area (Å²) >= 11 is 0. The van der Waals surface area contributed by atoms with Gasteiger partial charge in [0, 0.05) is 23.5 Å². The Hall–Kier alpha value is -1.60. The van der Waals surface area contributed by atoms with Crippen LogP contribution in [0.3, 0.4) is 0 Å². The predicted molar refractivity (Wildman–Crippen MR) is 78.4 cm³/mol. The second-order valence-electron chi connectivity index (χ2n) is 5.45. The fourth-order valence-electron chi connectivity index (χ4n) is 3.21. The van der Waals surface area contributed by atoms with E-state index in [-0.39, 0.29) is 18.1 Å². The Morgan fingerprint density at radius 2 is 2.10 bits per heavy atom. The van der Waals surface area contributed by atoms with Crippen LogP contribution in [0.4, 0.5) is 0 Å². The Bertz CT molecular complexity index is 656. The standard InChI is InChI=1S/C13H17N5O2S/c14-17-15-11-7-4-8-12-13(11)16-21(19,20)18(12)9-10-5-2-1-3-6-10/h1-3,5-6,11-13,16H,4,7-9H2. The van der Waals surface area contributed by atoms with Crippen LogP contribution in [-0.4, -0.2) is 30.8 Å². The first-order valence-corrected chi connectivity index (χ1v) is 8.43. The average Bonchev–Trinajstić information content (AvgIpc) is 2.73. The molecule has 0 bridgehead atoms. The van der Waals surface area contributed by atoms with Gasteiger partial charge in [0.05, 0.1) is 6.04 Å². The highest BCUT2D eigenvalue weighted by atomic mass is 32.2. The maximum Gasteiger partial charge on any atom is 0.280 e. The van der Waals surface area contributed by atoms with Gasteiger partial charge in [-0.3, -0.25) is 0 Å². The van der Waals surface area contributed by atoms with Crippen LogP contribution >= 0.6 is 0 Å². The Balaban J connectivity index is 1.88. The van der Waals surface area contributed by atoms with E-state index < -0.39 is 10.2 Å². The molecular weight excluding hydrogens is 290 g/mol. The molecule has 3 atom stereocenters. The van der Waals surface area contributed by atoms with E-state index in [1.807, 2.05) is 30.3 Å². The molecule has 2 aliphatic rings. The summed E-state index contributed by atoms with van der Waals surface area (Å²) in [7, 11) is -3.52. The van der Waals surface area contributed by atoms with Crippen molar-refractivity contribution < 1.29 is 8.42 Å². The van der Waals surface area contributed by atoms with Gasteiger partial charge in [-0.25, -0.2) is 0 Å². The molecule has 0 aromatic heterocycles. The van der Waals surface area contributed by atoms with Crippen molar-refractivity contribution >= 4 is 10.2 Å². The molecule has 3 unspecified atom stereocenters. The summed E-state index contributed by atoms with van der Waals surface area (Å²) in [4.78, 5) is 2.85. The van der Waals surface area contributed by atoms with Crippen LogP contribution in [0.25, 0.3) is 10.4 Å². The first-order chi connectivity index (χ1) is 10.1. The highest BCUT2D eigenvalue weighted by Gasteiger charge is 2.48. The van der Waals surface area contributed by atoms with Crippen LogP contribution in [0.5, 0.6) is 0 Å².